The average molecular weight is 442 g/mol. The Labute approximate surface area is 164 Å². The predicted molar refractivity (Wildman–Crippen MR) is 102 cm³/mol. The zero-order valence-electron chi connectivity index (χ0n) is 14.3. The first-order valence-corrected chi connectivity index (χ1v) is 8.87. The van der Waals surface area contributed by atoms with E-state index in [1.54, 1.807) is 18.2 Å². The van der Waals surface area contributed by atoms with E-state index in [0.717, 1.165) is 15.6 Å². The molecule has 6 nitrogen and oxygen atoms in total. The average Bonchev–Trinajstić information content (AvgIpc) is 2.56. The molecule has 2 aromatic rings. The standard InChI is InChI=1S/C18H18BrClN2O4/c1-11-5-12(2)7-14(6-11)25-9-17(23)21-22-18(24)10-26-16-4-3-13(19)8-15(16)20/h3-8H,9-10H2,1-2H3,(H,21,23)(H,22,24). The summed E-state index contributed by atoms with van der Waals surface area (Å²) in [5, 5.41) is 0.373. The van der Waals surface area contributed by atoms with Gasteiger partial charge in [-0.2, -0.15) is 0 Å². The maximum absolute atomic E-state index is 11.7. The van der Waals surface area contributed by atoms with Crippen LogP contribution >= 0.6 is 27.5 Å². The Morgan fingerprint density at radius 2 is 1.54 bits per heavy atom. The monoisotopic (exact) mass is 440 g/mol. The van der Waals surface area contributed by atoms with E-state index in [0.29, 0.717) is 16.5 Å². The molecule has 2 aromatic carbocycles. The van der Waals surface area contributed by atoms with Crippen LogP contribution in [0.4, 0.5) is 0 Å². The van der Waals surface area contributed by atoms with Crippen LogP contribution in [0.5, 0.6) is 11.5 Å². The van der Waals surface area contributed by atoms with Crippen LogP contribution < -0.4 is 20.3 Å². The molecular formula is C18H18BrClN2O4. The third kappa shape index (κ3) is 6.57. The van der Waals surface area contributed by atoms with Crippen molar-refractivity contribution in [3.8, 4) is 11.5 Å². The molecule has 0 bridgehead atoms. The number of amides is 2. The fraction of sp³-hybridized carbons (Fsp3) is 0.222. The van der Waals surface area contributed by atoms with Crippen molar-refractivity contribution in [3.05, 3.63) is 57.0 Å². The maximum Gasteiger partial charge on any atom is 0.276 e. The molecule has 2 N–H and O–H groups in total. The number of benzene rings is 2. The van der Waals surface area contributed by atoms with Gasteiger partial charge in [0.2, 0.25) is 0 Å². The second-order valence-corrected chi connectivity index (χ2v) is 6.89. The minimum Gasteiger partial charge on any atom is -0.484 e. The minimum absolute atomic E-state index is 0.220. The summed E-state index contributed by atoms with van der Waals surface area (Å²) in [5.41, 5.74) is 6.58. The summed E-state index contributed by atoms with van der Waals surface area (Å²) in [6.07, 6.45) is 0. The molecule has 0 atom stereocenters. The van der Waals surface area contributed by atoms with Gasteiger partial charge in [0.25, 0.3) is 11.8 Å². The Hall–Kier alpha value is -2.25. The summed E-state index contributed by atoms with van der Waals surface area (Å²) >= 11 is 9.27. The normalized spacial score (nSPS) is 10.2. The van der Waals surface area contributed by atoms with Crippen LogP contribution in [0.2, 0.25) is 5.02 Å². The molecule has 0 unspecified atom stereocenters. The second kappa shape index (κ2) is 9.45. The Morgan fingerprint density at radius 1 is 0.962 bits per heavy atom. The van der Waals surface area contributed by atoms with Crippen molar-refractivity contribution < 1.29 is 19.1 Å². The molecule has 0 fully saturated rings. The molecule has 2 rings (SSSR count). The largest absolute Gasteiger partial charge is 0.484 e. The predicted octanol–water partition coefficient (Wildman–Crippen LogP) is 3.32. The lowest BCUT2D eigenvalue weighted by Gasteiger charge is -2.11. The summed E-state index contributed by atoms with van der Waals surface area (Å²) < 4.78 is 11.5. The van der Waals surface area contributed by atoms with Crippen LogP contribution in [-0.4, -0.2) is 25.0 Å². The van der Waals surface area contributed by atoms with Gasteiger partial charge < -0.3 is 9.47 Å². The summed E-state index contributed by atoms with van der Waals surface area (Å²) in [6, 6.07) is 10.7. The van der Waals surface area contributed by atoms with Gasteiger partial charge in [0.1, 0.15) is 11.5 Å². The number of carbonyl (C=O) groups is 2. The molecule has 0 aliphatic rings. The van der Waals surface area contributed by atoms with E-state index in [1.807, 2.05) is 32.0 Å². The lowest BCUT2D eigenvalue weighted by molar-refractivity contribution is -0.131. The minimum atomic E-state index is -0.524. The molecule has 0 heterocycles. The highest BCUT2D eigenvalue weighted by Gasteiger charge is 2.09. The van der Waals surface area contributed by atoms with Crippen LogP contribution in [0.3, 0.4) is 0 Å². The van der Waals surface area contributed by atoms with E-state index in [2.05, 4.69) is 26.8 Å². The summed E-state index contributed by atoms with van der Waals surface area (Å²) in [7, 11) is 0. The second-order valence-electron chi connectivity index (χ2n) is 5.57. The van der Waals surface area contributed by atoms with E-state index in [1.165, 1.54) is 0 Å². The van der Waals surface area contributed by atoms with Crippen LogP contribution in [0.1, 0.15) is 11.1 Å². The van der Waals surface area contributed by atoms with Gasteiger partial charge in [-0.3, -0.25) is 20.4 Å². The van der Waals surface area contributed by atoms with Crippen molar-refractivity contribution in [2.45, 2.75) is 13.8 Å². The summed E-state index contributed by atoms with van der Waals surface area (Å²) in [6.45, 7) is 3.37. The smallest absolute Gasteiger partial charge is 0.276 e. The van der Waals surface area contributed by atoms with Gasteiger partial charge in [0, 0.05) is 4.47 Å². The Kier molecular flexibility index (Phi) is 7.29. The van der Waals surface area contributed by atoms with Crippen molar-refractivity contribution in [2.24, 2.45) is 0 Å². The summed E-state index contributed by atoms with van der Waals surface area (Å²) in [5.74, 6) is -0.0467. The fourth-order valence-corrected chi connectivity index (χ4v) is 2.84. The number of hydrazine groups is 1. The van der Waals surface area contributed by atoms with Gasteiger partial charge in [0.05, 0.1) is 5.02 Å². The molecule has 0 aliphatic carbocycles. The maximum atomic E-state index is 11.7. The highest BCUT2D eigenvalue weighted by Crippen LogP contribution is 2.27. The molecule has 0 saturated heterocycles. The molecule has 26 heavy (non-hydrogen) atoms. The van der Waals surface area contributed by atoms with Crippen LogP contribution in [0.15, 0.2) is 40.9 Å². The van der Waals surface area contributed by atoms with E-state index in [4.69, 9.17) is 21.1 Å². The van der Waals surface area contributed by atoms with E-state index in [9.17, 15) is 9.59 Å². The lowest BCUT2D eigenvalue weighted by atomic mass is 10.1. The number of rotatable bonds is 6. The fourth-order valence-electron chi connectivity index (χ4n) is 2.11. The van der Waals surface area contributed by atoms with Crippen molar-refractivity contribution in [2.75, 3.05) is 13.2 Å². The van der Waals surface area contributed by atoms with E-state index < -0.39 is 11.8 Å². The molecule has 0 aromatic heterocycles. The quantitative estimate of drug-likeness (QED) is 0.674. The number of nitrogens with one attached hydrogen (secondary N) is 2. The molecule has 0 saturated carbocycles. The van der Waals surface area contributed by atoms with Gasteiger partial charge in [-0.25, -0.2) is 0 Å². The molecule has 138 valence electrons. The zero-order valence-corrected chi connectivity index (χ0v) is 16.6. The number of ether oxygens (including phenoxy) is 2. The van der Waals surface area contributed by atoms with Gasteiger partial charge in [-0.15, -0.1) is 0 Å². The number of hydrogen-bond acceptors (Lipinski definition) is 4. The molecular weight excluding hydrogens is 424 g/mol. The topological polar surface area (TPSA) is 76.7 Å². The lowest BCUT2D eigenvalue weighted by Crippen LogP contribution is -2.45. The van der Waals surface area contributed by atoms with Crippen LogP contribution in [0, 0.1) is 13.8 Å². The highest BCUT2D eigenvalue weighted by molar-refractivity contribution is 9.10. The van der Waals surface area contributed by atoms with E-state index in [-0.39, 0.29) is 13.2 Å². The third-order valence-corrected chi connectivity index (χ3v) is 3.95. The number of aryl methyl sites for hydroxylation is 2. The third-order valence-electron chi connectivity index (χ3n) is 3.16. The first kappa shape index (κ1) is 20.1. The van der Waals surface area contributed by atoms with Crippen LogP contribution in [0.25, 0.3) is 0 Å². The van der Waals surface area contributed by atoms with E-state index >= 15 is 0 Å². The summed E-state index contributed by atoms with van der Waals surface area (Å²) in [4.78, 5) is 23.5. The number of halogens is 2. The van der Waals surface area contributed by atoms with Gasteiger partial charge in [-0.1, -0.05) is 33.6 Å². The van der Waals surface area contributed by atoms with Crippen LogP contribution in [-0.2, 0) is 9.59 Å². The number of hydrogen-bond donors (Lipinski definition) is 2. The van der Waals surface area contributed by atoms with Gasteiger partial charge >= 0.3 is 0 Å². The molecule has 0 spiro atoms. The van der Waals surface area contributed by atoms with Gasteiger partial charge in [-0.05, 0) is 55.3 Å². The Bertz CT molecular complexity index is 794. The van der Waals surface area contributed by atoms with Crippen molar-refractivity contribution in [3.63, 3.8) is 0 Å². The van der Waals surface area contributed by atoms with Crippen molar-refractivity contribution in [1.82, 2.24) is 10.9 Å². The first-order valence-electron chi connectivity index (χ1n) is 7.70. The molecule has 8 heteroatoms. The molecule has 2 amide bonds. The van der Waals surface area contributed by atoms with Crippen molar-refractivity contribution >= 4 is 39.3 Å². The number of carbonyl (C=O) groups excluding carboxylic acids is 2. The Morgan fingerprint density at radius 3 is 2.12 bits per heavy atom. The SMILES string of the molecule is Cc1cc(C)cc(OCC(=O)NNC(=O)COc2ccc(Br)cc2Cl)c1. The first-order chi connectivity index (χ1) is 12.3. The Balaban J connectivity index is 1.72. The van der Waals surface area contributed by atoms with Crippen molar-refractivity contribution in [1.29, 1.82) is 0 Å². The molecule has 0 aliphatic heterocycles. The molecule has 0 radical (unpaired) electrons. The van der Waals surface area contributed by atoms with Gasteiger partial charge in [0.15, 0.2) is 13.2 Å². The highest BCUT2D eigenvalue weighted by atomic mass is 79.9. The zero-order chi connectivity index (χ0) is 19.1.